The van der Waals surface area contributed by atoms with Crippen molar-refractivity contribution in [3.05, 3.63) is 5.69 Å². The smallest absolute Gasteiger partial charge is 0.325 e. The lowest BCUT2D eigenvalue weighted by Crippen LogP contribution is -2.15. The van der Waals surface area contributed by atoms with E-state index in [0.717, 1.165) is 29.7 Å². The van der Waals surface area contributed by atoms with Crippen LogP contribution in [0.1, 0.15) is 19.0 Å². The van der Waals surface area contributed by atoms with Crippen LogP contribution in [-0.4, -0.2) is 32.4 Å². The molecule has 2 aromatic rings. The van der Waals surface area contributed by atoms with Crippen LogP contribution in [0.15, 0.2) is 0 Å². The molecule has 0 bridgehead atoms. The van der Waals surface area contributed by atoms with E-state index in [2.05, 4.69) is 21.7 Å². The van der Waals surface area contributed by atoms with Gasteiger partial charge >= 0.3 is 5.97 Å². The van der Waals surface area contributed by atoms with Crippen molar-refractivity contribution in [2.24, 2.45) is 7.05 Å². The molecule has 0 aliphatic heterocycles. The molecular weight excluding hydrogens is 234 g/mol. The van der Waals surface area contributed by atoms with E-state index in [9.17, 15) is 4.79 Å². The molecule has 0 amide bonds. The van der Waals surface area contributed by atoms with E-state index in [-0.39, 0.29) is 12.5 Å². The zero-order chi connectivity index (χ0) is 13.3. The summed E-state index contributed by atoms with van der Waals surface area (Å²) >= 11 is 0. The number of nitrogens with zero attached hydrogens (tertiary/aromatic N) is 4. The number of fused-ring (bicyclic) bond motifs is 1. The van der Waals surface area contributed by atoms with Gasteiger partial charge in [0.1, 0.15) is 12.1 Å². The van der Waals surface area contributed by atoms with Crippen LogP contribution in [0.4, 0.5) is 5.95 Å². The molecule has 18 heavy (non-hydrogen) atoms. The van der Waals surface area contributed by atoms with Crippen LogP contribution in [-0.2, 0) is 29.5 Å². The highest BCUT2D eigenvalue weighted by Crippen LogP contribution is 2.21. The molecule has 0 atom stereocenters. The van der Waals surface area contributed by atoms with Crippen molar-refractivity contribution in [3.63, 3.8) is 0 Å². The van der Waals surface area contributed by atoms with Gasteiger partial charge in [-0.3, -0.25) is 14.0 Å². The number of hydrogen-bond acceptors (Lipinski definition) is 5. The average molecular weight is 251 g/mol. The largest absolute Gasteiger partial charge is 0.468 e. The Labute approximate surface area is 105 Å². The summed E-state index contributed by atoms with van der Waals surface area (Å²) in [7, 11) is 3.16. The third-order valence-corrected chi connectivity index (χ3v) is 2.82. The number of aromatic nitrogens is 4. The van der Waals surface area contributed by atoms with Crippen molar-refractivity contribution in [2.75, 3.05) is 12.8 Å². The molecule has 2 N–H and O–H groups in total. The summed E-state index contributed by atoms with van der Waals surface area (Å²) in [6.07, 6.45) is 1.82. The summed E-state index contributed by atoms with van der Waals surface area (Å²) in [5.74, 6) is -0.0556. The number of aryl methyl sites for hydroxylation is 2. The Morgan fingerprint density at radius 2 is 2.22 bits per heavy atom. The number of esters is 1. The van der Waals surface area contributed by atoms with Crippen molar-refractivity contribution in [2.45, 2.75) is 26.3 Å². The Morgan fingerprint density at radius 3 is 2.83 bits per heavy atom. The second kappa shape index (κ2) is 4.67. The van der Waals surface area contributed by atoms with Gasteiger partial charge in [-0.1, -0.05) is 13.3 Å². The molecule has 0 saturated carbocycles. The van der Waals surface area contributed by atoms with Gasteiger partial charge in [0.2, 0.25) is 5.95 Å². The van der Waals surface area contributed by atoms with Gasteiger partial charge in [-0.05, 0) is 6.42 Å². The average Bonchev–Trinajstić information content (AvgIpc) is 2.80. The van der Waals surface area contributed by atoms with Crippen LogP contribution in [0.2, 0.25) is 0 Å². The number of anilines is 1. The molecule has 0 aliphatic rings. The predicted molar refractivity (Wildman–Crippen MR) is 66.9 cm³/mol. The van der Waals surface area contributed by atoms with Gasteiger partial charge in [0.15, 0.2) is 5.65 Å². The first kappa shape index (κ1) is 12.4. The maximum Gasteiger partial charge on any atom is 0.325 e. The molecule has 0 aromatic carbocycles. The molecular formula is C11H17N5O2. The number of ether oxygens (including phenoxy) is 1. The summed E-state index contributed by atoms with van der Waals surface area (Å²) in [5, 5.41) is 4.40. The highest BCUT2D eigenvalue weighted by Gasteiger charge is 2.19. The maximum absolute atomic E-state index is 11.4. The summed E-state index contributed by atoms with van der Waals surface area (Å²) in [5.41, 5.74) is 8.26. The molecule has 0 radical (unpaired) electrons. The van der Waals surface area contributed by atoms with Crippen LogP contribution in [0.5, 0.6) is 0 Å². The fourth-order valence-corrected chi connectivity index (χ4v) is 2.01. The molecule has 0 saturated heterocycles. The van der Waals surface area contributed by atoms with Crippen LogP contribution in [0.25, 0.3) is 11.2 Å². The van der Waals surface area contributed by atoms with E-state index in [1.807, 2.05) is 7.05 Å². The minimum atomic E-state index is -0.362. The quantitative estimate of drug-likeness (QED) is 0.798. The SMILES string of the molecule is CCCc1nn(C)c2c1nc(N)n2CC(=O)OC. The summed E-state index contributed by atoms with van der Waals surface area (Å²) < 4.78 is 7.97. The molecule has 0 fully saturated rings. The fourth-order valence-electron chi connectivity index (χ4n) is 2.01. The molecule has 0 aliphatic carbocycles. The highest BCUT2D eigenvalue weighted by molar-refractivity contribution is 5.80. The number of carbonyl (C=O) groups is 1. The van der Waals surface area contributed by atoms with Crippen LogP contribution in [0, 0.1) is 0 Å². The Kier molecular flexibility index (Phi) is 3.22. The van der Waals surface area contributed by atoms with Crippen molar-refractivity contribution in [1.29, 1.82) is 0 Å². The number of hydrogen-bond donors (Lipinski definition) is 1. The molecule has 2 heterocycles. The first-order chi connectivity index (χ1) is 8.58. The van der Waals surface area contributed by atoms with E-state index in [4.69, 9.17) is 5.73 Å². The minimum absolute atomic E-state index is 0.0456. The van der Waals surface area contributed by atoms with Gasteiger partial charge < -0.3 is 10.5 Å². The van der Waals surface area contributed by atoms with Crippen LogP contribution < -0.4 is 5.73 Å². The van der Waals surface area contributed by atoms with Gasteiger partial charge in [-0.2, -0.15) is 5.10 Å². The Bertz CT molecular complexity index is 584. The lowest BCUT2D eigenvalue weighted by molar-refractivity contribution is -0.141. The third-order valence-electron chi connectivity index (χ3n) is 2.82. The van der Waals surface area contributed by atoms with Gasteiger partial charge in [0.25, 0.3) is 0 Å². The predicted octanol–water partition coefficient (Wildman–Crippen LogP) is 0.477. The summed E-state index contributed by atoms with van der Waals surface area (Å²) in [6, 6.07) is 0. The third kappa shape index (κ3) is 1.92. The summed E-state index contributed by atoms with van der Waals surface area (Å²) in [6.45, 7) is 2.12. The number of methoxy groups -OCH3 is 1. The van der Waals surface area contributed by atoms with Crippen molar-refractivity contribution >= 4 is 23.1 Å². The zero-order valence-electron chi connectivity index (χ0n) is 10.8. The monoisotopic (exact) mass is 251 g/mol. The number of nitrogen functional groups attached to an aromatic ring is 1. The first-order valence-electron chi connectivity index (χ1n) is 5.82. The lowest BCUT2D eigenvalue weighted by atomic mass is 10.2. The van der Waals surface area contributed by atoms with E-state index >= 15 is 0 Å². The Hall–Kier alpha value is -2.05. The Morgan fingerprint density at radius 1 is 1.50 bits per heavy atom. The van der Waals surface area contributed by atoms with Gasteiger partial charge in [0.05, 0.1) is 12.8 Å². The van der Waals surface area contributed by atoms with Gasteiger partial charge in [0, 0.05) is 7.05 Å². The Balaban J connectivity index is 2.53. The molecule has 7 heteroatoms. The molecule has 0 unspecified atom stereocenters. The van der Waals surface area contributed by atoms with Crippen LogP contribution in [0.3, 0.4) is 0 Å². The van der Waals surface area contributed by atoms with E-state index in [1.165, 1.54) is 7.11 Å². The summed E-state index contributed by atoms with van der Waals surface area (Å²) in [4.78, 5) is 15.7. The van der Waals surface area contributed by atoms with Crippen molar-refractivity contribution < 1.29 is 9.53 Å². The second-order valence-electron chi connectivity index (χ2n) is 4.12. The van der Waals surface area contributed by atoms with Crippen molar-refractivity contribution in [3.8, 4) is 0 Å². The fraction of sp³-hybridized carbons (Fsp3) is 0.545. The number of carbonyl (C=O) groups excluding carboxylic acids is 1. The zero-order valence-corrected chi connectivity index (χ0v) is 10.8. The molecule has 2 aromatic heterocycles. The van der Waals surface area contributed by atoms with Crippen molar-refractivity contribution in [1.82, 2.24) is 19.3 Å². The lowest BCUT2D eigenvalue weighted by Gasteiger charge is -2.04. The number of nitrogens with two attached hydrogens (primary N) is 1. The molecule has 7 nitrogen and oxygen atoms in total. The second-order valence-corrected chi connectivity index (χ2v) is 4.12. The number of rotatable bonds is 4. The van der Waals surface area contributed by atoms with E-state index in [1.54, 1.807) is 9.25 Å². The standard InChI is InChI=1S/C11H17N5O2/c1-4-5-7-9-10(15(2)14-7)16(11(12)13-9)6-8(17)18-3/h4-6H2,1-3H3,(H2,12,13). The maximum atomic E-state index is 11.4. The normalized spacial score (nSPS) is 11.1. The minimum Gasteiger partial charge on any atom is -0.468 e. The highest BCUT2D eigenvalue weighted by atomic mass is 16.5. The molecule has 2 rings (SSSR count). The topological polar surface area (TPSA) is 88.0 Å². The first-order valence-corrected chi connectivity index (χ1v) is 5.82. The van der Waals surface area contributed by atoms with E-state index < -0.39 is 0 Å². The van der Waals surface area contributed by atoms with Gasteiger partial charge in [-0.15, -0.1) is 0 Å². The van der Waals surface area contributed by atoms with E-state index in [0.29, 0.717) is 5.95 Å². The molecule has 0 spiro atoms. The van der Waals surface area contributed by atoms with Gasteiger partial charge in [-0.25, -0.2) is 4.98 Å². The van der Waals surface area contributed by atoms with Crippen LogP contribution >= 0.6 is 0 Å². The number of imidazole rings is 1. The molecule has 98 valence electrons.